The van der Waals surface area contributed by atoms with Crippen molar-refractivity contribution in [1.29, 1.82) is 0 Å². The summed E-state index contributed by atoms with van der Waals surface area (Å²) in [5.74, 6) is 1.17. The maximum Gasteiger partial charge on any atom is 0.298 e. The quantitative estimate of drug-likeness (QED) is 0.834. The van der Waals surface area contributed by atoms with Crippen LogP contribution in [0.1, 0.15) is 25.7 Å². The van der Waals surface area contributed by atoms with Crippen molar-refractivity contribution < 1.29 is 9.21 Å². The highest BCUT2D eigenvalue weighted by atomic mass is 16.4. The Bertz CT molecular complexity index is 785. The van der Waals surface area contributed by atoms with Gasteiger partial charge in [-0.05, 0) is 56.8 Å². The predicted octanol–water partition coefficient (Wildman–Crippen LogP) is 2.60. The summed E-state index contributed by atoms with van der Waals surface area (Å²) in [5, 5.41) is 0. The first-order valence-electron chi connectivity index (χ1n) is 10.3. The van der Waals surface area contributed by atoms with E-state index in [0.29, 0.717) is 23.9 Å². The molecule has 0 spiro atoms. The van der Waals surface area contributed by atoms with Crippen LogP contribution in [0.4, 0.5) is 6.01 Å². The number of para-hydroxylation sites is 2. The third-order valence-electron chi connectivity index (χ3n) is 6.86. The molecule has 4 saturated heterocycles. The standard InChI is InChI=1S/C21H28N4O2/c1-23(18-14-24-10-6-15(18)7-11-24)20(26)16-8-12-25(13-9-16)21-22-17-4-2-3-5-19(17)27-21/h2-5,15-16,18H,6-14H2,1H3. The molecule has 6 heteroatoms. The third kappa shape index (κ3) is 3.10. The molecule has 1 aromatic heterocycles. The van der Waals surface area contributed by atoms with E-state index in [1.54, 1.807) is 0 Å². The van der Waals surface area contributed by atoms with Crippen molar-refractivity contribution in [3.05, 3.63) is 24.3 Å². The molecule has 4 fully saturated rings. The lowest BCUT2D eigenvalue weighted by Gasteiger charge is -2.48. The van der Waals surface area contributed by atoms with Gasteiger partial charge in [0, 0.05) is 38.6 Å². The minimum Gasteiger partial charge on any atom is -0.423 e. The fraction of sp³-hybridized carbons (Fsp3) is 0.619. The Morgan fingerprint density at radius 2 is 1.85 bits per heavy atom. The van der Waals surface area contributed by atoms with Crippen LogP contribution in [0.25, 0.3) is 11.1 Å². The predicted molar refractivity (Wildman–Crippen MR) is 105 cm³/mol. The lowest BCUT2D eigenvalue weighted by molar-refractivity contribution is -0.140. The van der Waals surface area contributed by atoms with E-state index in [9.17, 15) is 4.79 Å². The van der Waals surface area contributed by atoms with Gasteiger partial charge in [-0.15, -0.1) is 0 Å². The van der Waals surface area contributed by atoms with E-state index in [4.69, 9.17) is 4.42 Å². The molecule has 1 atom stereocenters. The summed E-state index contributed by atoms with van der Waals surface area (Å²) in [6, 6.07) is 8.96. The van der Waals surface area contributed by atoms with Gasteiger partial charge < -0.3 is 19.1 Å². The monoisotopic (exact) mass is 368 g/mol. The summed E-state index contributed by atoms with van der Waals surface area (Å²) in [6.07, 6.45) is 4.25. The molecule has 1 aromatic carbocycles. The average molecular weight is 368 g/mol. The molecule has 6 rings (SSSR count). The number of benzene rings is 1. The highest BCUT2D eigenvalue weighted by Crippen LogP contribution is 2.32. The maximum absolute atomic E-state index is 13.1. The minimum absolute atomic E-state index is 0.131. The van der Waals surface area contributed by atoms with Gasteiger partial charge in [-0.25, -0.2) is 0 Å². The maximum atomic E-state index is 13.1. The van der Waals surface area contributed by atoms with Crippen LogP contribution in [0.5, 0.6) is 0 Å². The van der Waals surface area contributed by atoms with Crippen LogP contribution in [-0.4, -0.2) is 66.5 Å². The molecule has 4 aliphatic heterocycles. The third-order valence-corrected chi connectivity index (χ3v) is 6.86. The van der Waals surface area contributed by atoms with Crippen molar-refractivity contribution in [2.24, 2.45) is 11.8 Å². The highest BCUT2D eigenvalue weighted by molar-refractivity contribution is 5.79. The van der Waals surface area contributed by atoms with E-state index in [2.05, 4.69) is 19.7 Å². The van der Waals surface area contributed by atoms with Crippen LogP contribution >= 0.6 is 0 Å². The Morgan fingerprint density at radius 1 is 1.11 bits per heavy atom. The molecular formula is C21H28N4O2. The van der Waals surface area contributed by atoms with E-state index in [-0.39, 0.29) is 5.92 Å². The molecule has 1 unspecified atom stereocenters. The molecular weight excluding hydrogens is 340 g/mol. The SMILES string of the molecule is CN(C(=O)C1CCN(c2nc3ccccc3o2)CC1)C1CN2CCC1CC2. The molecule has 6 nitrogen and oxygen atoms in total. The Labute approximate surface area is 160 Å². The molecule has 0 saturated carbocycles. The topological polar surface area (TPSA) is 52.8 Å². The van der Waals surface area contributed by atoms with Crippen LogP contribution < -0.4 is 4.90 Å². The molecule has 5 heterocycles. The Hall–Kier alpha value is -2.08. The van der Waals surface area contributed by atoms with Crippen LogP contribution in [0.15, 0.2) is 28.7 Å². The van der Waals surface area contributed by atoms with E-state index >= 15 is 0 Å². The number of likely N-dealkylation sites (N-methyl/N-ethyl adjacent to an activating group) is 1. The summed E-state index contributed by atoms with van der Waals surface area (Å²) in [4.78, 5) is 24.5. The lowest BCUT2D eigenvalue weighted by atomic mass is 9.82. The normalized spacial score (nSPS) is 28.6. The zero-order valence-electron chi connectivity index (χ0n) is 16.0. The zero-order valence-corrected chi connectivity index (χ0v) is 16.0. The van der Waals surface area contributed by atoms with Crippen molar-refractivity contribution >= 4 is 23.0 Å². The second-order valence-electron chi connectivity index (χ2n) is 8.38. The van der Waals surface area contributed by atoms with Crippen LogP contribution in [0.3, 0.4) is 0 Å². The molecule has 0 N–H and O–H groups in total. The number of fused-ring (bicyclic) bond motifs is 4. The Balaban J connectivity index is 1.21. The average Bonchev–Trinajstić information content (AvgIpc) is 3.18. The summed E-state index contributed by atoms with van der Waals surface area (Å²) >= 11 is 0. The van der Waals surface area contributed by atoms with Gasteiger partial charge in [0.05, 0.1) is 0 Å². The van der Waals surface area contributed by atoms with Crippen LogP contribution in [0.2, 0.25) is 0 Å². The number of hydrogen-bond donors (Lipinski definition) is 0. The molecule has 1 amide bonds. The first-order valence-corrected chi connectivity index (χ1v) is 10.3. The van der Waals surface area contributed by atoms with Crippen molar-refractivity contribution in [3.63, 3.8) is 0 Å². The number of aromatic nitrogens is 1. The minimum atomic E-state index is 0.131. The van der Waals surface area contributed by atoms with E-state index < -0.39 is 0 Å². The first kappa shape index (κ1) is 17.0. The van der Waals surface area contributed by atoms with Crippen LogP contribution in [-0.2, 0) is 4.79 Å². The van der Waals surface area contributed by atoms with E-state index in [1.165, 1.54) is 25.9 Å². The van der Waals surface area contributed by atoms with Crippen molar-refractivity contribution in [2.45, 2.75) is 31.7 Å². The number of oxazole rings is 1. The smallest absolute Gasteiger partial charge is 0.298 e. The van der Waals surface area contributed by atoms with Crippen molar-refractivity contribution in [1.82, 2.24) is 14.8 Å². The molecule has 4 aliphatic rings. The highest BCUT2D eigenvalue weighted by Gasteiger charge is 2.39. The number of carbonyl (C=O) groups is 1. The van der Waals surface area contributed by atoms with Crippen molar-refractivity contribution in [3.8, 4) is 0 Å². The van der Waals surface area contributed by atoms with Crippen molar-refractivity contribution in [2.75, 3.05) is 44.7 Å². The summed E-state index contributed by atoms with van der Waals surface area (Å²) < 4.78 is 5.89. The molecule has 27 heavy (non-hydrogen) atoms. The fourth-order valence-electron chi connectivity index (χ4n) is 5.14. The largest absolute Gasteiger partial charge is 0.423 e. The van der Waals surface area contributed by atoms with Gasteiger partial charge in [-0.2, -0.15) is 4.98 Å². The summed E-state index contributed by atoms with van der Waals surface area (Å²) in [7, 11) is 2.03. The Morgan fingerprint density at radius 3 is 2.52 bits per heavy atom. The number of carbonyl (C=O) groups excluding carboxylic acids is 1. The van der Waals surface area contributed by atoms with Gasteiger partial charge in [0.25, 0.3) is 6.01 Å². The molecule has 2 bridgehead atoms. The number of hydrogen-bond acceptors (Lipinski definition) is 5. The van der Waals surface area contributed by atoms with Gasteiger partial charge in [-0.3, -0.25) is 4.79 Å². The van der Waals surface area contributed by atoms with E-state index in [1.807, 2.05) is 31.3 Å². The summed E-state index contributed by atoms with van der Waals surface area (Å²) in [6.45, 7) is 5.15. The molecule has 0 aliphatic carbocycles. The number of nitrogens with zero attached hydrogens (tertiary/aromatic N) is 4. The molecule has 0 radical (unpaired) electrons. The summed E-state index contributed by atoms with van der Waals surface area (Å²) in [5.41, 5.74) is 1.72. The zero-order chi connectivity index (χ0) is 18.4. The molecule has 144 valence electrons. The lowest BCUT2D eigenvalue weighted by Crippen LogP contribution is -2.58. The van der Waals surface area contributed by atoms with Crippen LogP contribution in [0, 0.1) is 11.8 Å². The van der Waals surface area contributed by atoms with Gasteiger partial charge >= 0.3 is 0 Å². The van der Waals surface area contributed by atoms with Gasteiger partial charge in [0.2, 0.25) is 5.91 Å². The van der Waals surface area contributed by atoms with E-state index in [0.717, 1.165) is 43.6 Å². The van der Waals surface area contributed by atoms with Gasteiger partial charge in [0.15, 0.2) is 5.58 Å². The number of anilines is 1. The first-order chi connectivity index (χ1) is 13.2. The fourth-order valence-corrected chi connectivity index (χ4v) is 5.14. The second kappa shape index (κ2) is 6.82. The molecule has 2 aromatic rings. The number of piperidine rings is 4. The Kier molecular flexibility index (Phi) is 4.31. The van der Waals surface area contributed by atoms with Gasteiger partial charge in [0.1, 0.15) is 5.52 Å². The van der Waals surface area contributed by atoms with Gasteiger partial charge in [-0.1, -0.05) is 12.1 Å². The number of amides is 1. The number of rotatable bonds is 3. The second-order valence-corrected chi connectivity index (χ2v) is 8.38.